The molecule has 0 aromatic rings. The van der Waals surface area contributed by atoms with Crippen molar-refractivity contribution < 1.29 is 24.2 Å². The molecular weight excluding hydrogens is 521 g/mol. The van der Waals surface area contributed by atoms with Crippen LogP contribution in [0.15, 0.2) is 0 Å². The summed E-state index contributed by atoms with van der Waals surface area (Å²) >= 11 is 0. The Labute approximate surface area is 120 Å². The Morgan fingerprint density at radius 1 is 1.33 bits per heavy atom. The van der Waals surface area contributed by atoms with E-state index >= 15 is 0 Å². The van der Waals surface area contributed by atoms with E-state index in [1.165, 1.54) is 6.41 Å². The van der Waals surface area contributed by atoms with Crippen LogP contribution in [-0.4, -0.2) is 60.1 Å². The Morgan fingerprint density at radius 3 is 2.05 bits per heavy atom. The van der Waals surface area contributed by atoms with Crippen molar-refractivity contribution in [3.63, 3.8) is 0 Å². The fourth-order valence-corrected chi connectivity index (χ4v) is 0.872. The molecule has 0 unspecified atom stereocenters. The minimum atomic E-state index is -1.07. The number of hydrogen-bond acceptors (Lipinski definition) is 5. The molecule has 0 saturated heterocycles. The van der Waals surface area contributed by atoms with Gasteiger partial charge in [0.2, 0.25) is 0 Å². The third kappa shape index (κ3) is 19.9. The van der Waals surface area contributed by atoms with Gasteiger partial charge in [0.15, 0.2) is 0 Å². The second kappa shape index (κ2) is 11.2. The van der Waals surface area contributed by atoms with Gasteiger partial charge < -0.3 is 20.0 Å². The van der Waals surface area contributed by atoms with Gasteiger partial charge in [-0.2, -0.15) is 6.41 Å². The number of hydrogen-bond donors (Lipinski definition) is 2. The zero-order chi connectivity index (χ0) is 16.3. The van der Waals surface area contributed by atoms with Gasteiger partial charge in [-0.15, -0.1) is 0 Å². The molecule has 0 aromatic heterocycles. The van der Waals surface area contributed by atoms with Gasteiger partial charge in [-0.1, -0.05) is 0 Å². The van der Waals surface area contributed by atoms with E-state index in [1.54, 1.807) is 0 Å². The normalized spacial score (nSPS) is 10.1. The Bertz CT molecular complexity index is 316. The van der Waals surface area contributed by atoms with Crippen molar-refractivity contribution in [2.75, 3.05) is 20.1 Å². The molecular formula is C13H25FmN2O5-. The minimum absolute atomic E-state index is 0. The summed E-state index contributed by atoms with van der Waals surface area (Å²) in [5.41, 5.74) is -0.380. The van der Waals surface area contributed by atoms with Gasteiger partial charge in [0.25, 0.3) is 0 Å². The maximum absolute atomic E-state index is 11.3. The molecule has 0 rings (SSSR count). The molecule has 130 valence electrons. The predicted octanol–water partition coefficient (Wildman–Crippen LogP) is 0.396. The van der Waals surface area contributed by atoms with E-state index < -0.39 is 5.97 Å². The minimum Gasteiger partial charge on any atom is -0.521 e. The number of carboxylic acids is 1. The van der Waals surface area contributed by atoms with Gasteiger partial charge in [0, 0.05) is 6.04 Å². The van der Waals surface area contributed by atoms with E-state index in [0.717, 1.165) is 0 Å². The van der Waals surface area contributed by atoms with Gasteiger partial charge >= 0.3 is 11.9 Å². The van der Waals surface area contributed by atoms with E-state index in [-0.39, 0.29) is 18.1 Å². The largest absolute Gasteiger partial charge is 0.521 e. The van der Waals surface area contributed by atoms with Crippen molar-refractivity contribution in [2.45, 2.75) is 46.3 Å². The van der Waals surface area contributed by atoms with Crippen molar-refractivity contribution in [1.82, 2.24) is 10.2 Å². The average Bonchev–Trinajstić information content (AvgIpc) is 2.24. The number of ether oxygens (including phenoxy) is 1. The number of carboxylic acid groups (broad SMARTS) is 1. The van der Waals surface area contributed by atoms with Crippen LogP contribution in [0.4, 0.5) is 0 Å². The summed E-state index contributed by atoms with van der Waals surface area (Å²) in [6.07, 6.45) is 1.22. The maximum atomic E-state index is 11.3. The van der Waals surface area contributed by atoms with Crippen LogP contribution >= 0.6 is 0 Å². The topological polar surface area (TPSA) is 95.9 Å². The molecule has 0 spiro atoms. The number of esters is 1. The van der Waals surface area contributed by atoms with E-state index in [2.05, 4.69) is 0 Å². The van der Waals surface area contributed by atoms with Crippen molar-refractivity contribution in [2.24, 2.45) is 0 Å². The van der Waals surface area contributed by atoms with Gasteiger partial charge in [0.05, 0.1) is 13.1 Å². The number of aliphatic carboxylic acids is 1. The molecule has 1 amide bonds. The third-order valence-electron chi connectivity index (χ3n) is 1.99. The van der Waals surface area contributed by atoms with Crippen LogP contribution in [0.3, 0.4) is 0 Å². The first kappa shape index (κ1) is 23.5. The van der Waals surface area contributed by atoms with Crippen molar-refractivity contribution >= 4 is 18.3 Å². The van der Waals surface area contributed by atoms with Crippen LogP contribution in [-0.2, 0) is 19.1 Å². The Hall–Kier alpha value is -2.63. The average molecular weight is 546 g/mol. The van der Waals surface area contributed by atoms with Crippen LogP contribution in [0.1, 0.15) is 34.6 Å². The number of nitrogens with one attached hydrogen (secondary N) is 1. The molecule has 0 aliphatic carbocycles. The van der Waals surface area contributed by atoms with Gasteiger partial charge in [0.1, 0.15) is 5.60 Å². The fraction of sp³-hybridized carbons (Fsp3) is 0.769. The summed E-state index contributed by atoms with van der Waals surface area (Å²) in [5.74, 6) is -1.23. The number of nitrogens with zero attached hydrogens (tertiary/aromatic N) is 1. The molecule has 7 nitrogen and oxygen atoms in total. The SMILES string of the molecule is CC(C)N(C)CC(=O)OC(C)(C)C.O=[C-]NCC(=O)O.[Fm]. The fourth-order valence-electron chi connectivity index (χ4n) is 0.872. The molecule has 0 aliphatic rings. The third-order valence-corrected chi connectivity index (χ3v) is 1.99. The van der Waals surface area contributed by atoms with E-state index in [9.17, 15) is 14.4 Å². The molecule has 0 aromatic carbocycles. The zero-order valence-electron chi connectivity index (χ0n) is 13.3. The smallest absolute Gasteiger partial charge is 0.320 e. The molecule has 0 fully saturated rings. The van der Waals surface area contributed by atoms with E-state index in [0.29, 0.717) is 12.6 Å². The predicted molar refractivity (Wildman–Crippen MR) is 74.9 cm³/mol. The van der Waals surface area contributed by atoms with Crippen molar-refractivity contribution in [3.05, 3.63) is 0 Å². The van der Waals surface area contributed by atoms with Gasteiger partial charge in [-0.05, 0) is 41.7 Å². The van der Waals surface area contributed by atoms with Crippen LogP contribution in [0.5, 0.6) is 0 Å². The first-order valence-electron chi connectivity index (χ1n) is 6.23. The number of likely N-dealkylation sites (N-methyl/N-ethyl adjacent to an activating group) is 1. The summed E-state index contributed by atoms with van der Waals surface area (Å²) in [5, 5.41) is 9.65. The Balaban J connectivity index is -0.000000347. The summed E-state index contributed by atoms with van der Waals surface area (Å²) in [6.45, 7) is 9.72. The summed E-state index contributed by atoms with van der Waals surface area (Å²) in [7, 11) is 1.91. The summed E-state index contributed by atoms with van der Waals surface area (Å²) in [6, 6.07) is 0.368. The second-order valence-electron chi connectivity index (χ2n) is 5.44. The van der Waals surface area contributed by atoms with E-state index in [1.807, 2.05) is 51.9 Å². The molecule has 0 saturated carbocycles. The van der Waals surface area contributed by atoms with Crippen LogP contribution in [0, 0.1) is 0 Å². The molecule has 21 heavy (non-hydrogen) atoms. The first-order valence-corrected chi connectivity index (χ1v) is 6.23. The monoisotopic (exact) mass is 546 g/mol. The van der Waals surface area contributed by atoms with E-state index in [4.69, 9.17) is 9.84 Å². The molecule has 0 atom stereocenters. The van der Waals surface area contributed by atoms with Crippen molar-refractivity contribution in [1.29, 1.82) is 0 Å². The van der Waals surface area contributed by atoms with Crippen molar-refractivity contribution in [3.8, 4) is 0 Å². The van der Waals surface area contributed by atoms with Gasteiger partial charge in [-0.3, -0.25) is 14.5 Å². The molecule has 0 aliphatic heterocycles. The van der Waals surface area contributed by atoms with Crippen LogP contribution in [0.2, 0.25) is 0 Å². The standard InChI is InChI=1S/C10H21NO2.C3H4NO3.Fm/c1-8(2)11(6)7-9(12)13-10(3,4)5;5-2-4-1-3(6)7;/h8H,7H2,1-6H3;1H2,(H,4,5)(H,6,7);/q;-1;. The van der Waals surface area contributed by atoms with Crippen LogP contribution < -0.4 is 5.32 Å². The molecule has 0 radical (unpaired) electrons. The summed E-state index contributed by atoms with van der Waals surface area (Å²) in [4.78, 5) is 32.0. The van der Waals surface area contributed by atoms with Crippen LogP contribution in [0.25, 0.3) is 0 Å². The molecule has 2 N–H and O–H groups in total. The zero-order valence-corrected chi connectivity index (χ0v) is 15.7. The first-order chi connectivity index (χ1) is 8.99. The molecule has 0 heterocycles. The maximum Gasteiger partial charge on any atom is 0.320 e. The Kier molecular flexibility index (Phi) is 12.5. The molecule has 0 bridgehead atoms. The number of carbonyl (C=O) groups excluding carboxylic acids is 2. The number of rotatable bonds is 6. The molecule has 8 heteroatoms. The summed E-state index contributed by atoms with van der Waals surface area (Å²) < 4.78 is 5.18. The number of amides is 1. The van der Waals surface area contributed by atoms with Gasteiger partial charge in [-0.25, -0.2) is 0 Å². The number of carbonyl (C=O) groups is 2. The quantitative estimate of drug-likeness (QED) is 0.285. The Morgan fingerprint density at radius 2 is 1.81 bits per heavy atom. The second-order valence-corrected chi connectivity index (χ2v) is 5.44.